The highest BCUT2D eigenvalue weighted by molar-refractivity contribution is 5.77. The van der Waals surface area contributed by atoms with Gasteiger partial charge in [0.25, 0.3) is 0 Å². The van der Waals surface area contributed by atoms with Crippen molar-refractivity contribution in [2.45, 2.75) is 13.3 Å². The number of aromatic amines is 1. The average molecular weight is 139 g/mol. The van der Waals surface area contributed by atoms with Gasteiger partial charge in [0, 0.05) is 18.2 Å². The molecule has 0 aliphatic heterocycles. The van der Waals surface area contributed by atoms with Gasteiger partial charge < -0.3 is 5.73 Å². The molecule has 0 saturated heterocycles. The molecule has 10 heavy (non-hydrogen) atoms. The number of carbonyl (C=O) groups excluding carboxylic acids is 1. The minimum absolute atomic E-state index is 0.101. The average Bonchev–Trinajstić information content (AvgIpc) is 2.13. The van der Waals surface area contributed by atoms with Crippen LogP contribution in [0.1, 0.15) is 12.6 Å². The smallest absolute Gasteiger partial charge is 0.145 e. The highest BCUT2D eigenvalue weighted by Crippen LogP contribution is 2.00. The number of anilines is 1. The molecule has 0 atom stereocenters. The lowest BCUT2D eigenvalue weighted by Gasteiger charge is -1.86. The van der Waals surface area contributed by atoms with E-state index in [0.717, 1.165) is 5.69 Å². The van der Waals surface area contributed by atoms with Crippen LogP contribution in [0.5, 0.6) is 0 Å². The summed E-state index contributed by atoms with van der Waals surface area (Å²) in [5, 5.41) is 6.31. The summed E-state index contributed by atoms with van der Waals surface area (Å²) in [6.45, 7) is 1.52. The van der Waals surface area contributed by atoms with Gasteiger partial charge in [0.2, 0.25) is 0 Å². The van der Waals surface area contributed by atoms with E-state index in [4.69, 9.17) is 5.73 Å². The first-order chi connectivity index (χ1) is 4.68. The van der Waals surface area contributed by atoms with E-state index < -0.39 is 0 Å². The van der Waals surface area contributed by atoms with E-state index in [2.05, 4.69) is 10.2 Å². The predicted octanol–water partition coefficient (Wildman–Crippen LogP) is 0.123. The van der Waals surface area contributed by atoms with E-state index >= 15 is 0 Å². The van der Waals surface area contributed by atoms with E-state index in [-0.39, 0.29) is 5.78 Å². The Hall–Kier alpha value is -1.32. The molecular weight excluding hydrogens is 130 g/mol. The summed E-state index contributed by atoms with van der Waals surface area (Å²) in [5.41, 5.74) is 6.07. The minimum atomic E-state index is 0.101. The fraction of sp³-hybridized carbons (Fsp3) is 0.333. The highest BCUT2D eigenvalue weighted by atomic mass is 16.1. The van der Waals surface area contributed by atoms with Crippen LogP contribution in [0.4, 0.5) is 5.82 Å². The van der Waals surface area contributed by atoms with Crippen LogP contribution in [0, 0.1) is 0 Å². The van der Waals surface area contributed by atoms with Gasteiger partial charge in [-0.25, -0.2) is 0 Å². The van der Waals surface area contributed by atoms with Gasteiger partial charge in [0.1, 0.15) is 11.6 Å². The number of rotatable bonds is 2. The van der Waals surface area contributed by atoms with Crippen LogP contribution in [-0.4, -0.2) is 16.0 Å². The summed E-state index contributed by atoms with van der Waals surface area (Å²) in [4.78, 5) is 10.5. The molecule has 1 heterocycles. The van der Waals surface area contributed by atoms with Crippen molar-refractivity contribution in [1.29, 1.82) is 0 Å². The van der Waals surface area contributed by atoms with Gasteiger partial charge in [0.15, 0.2) is 0 Å². The zero-order valence-electron chi connectivity index (χ0n) is 5.72. The monoisotopic (exact) mass is 139 g/mol. The zero-order valence-corrected chi connectivity index (χ0v) is 5.72. The fourth-order valence-electron chi connectivity index (χ4n) is 0.738. The lowest BCUT2D eigenvalue weighted by Crippen LogP contribution is -1.95. The molecule has 0 amide bonds. The molecule has 1 aromatic heterocycles. The first-order valence-electron chi connectivity index (χ1n) is 2.97. The van der Waals surface area contributed by atoms with Crippen LogP contribution in [0.15, 0.2) is 6.07 Å². The third kappa shape index (κ3) is 1.58. The summed E-state index contributed by atoms with van der Waals surface area (Å²) >= 11 is 0. The normalized spacial score (nSPS) is 9.70. The second-order valence-electron chi connectivity index (χ2n) is 2.20. The number of Topliss-reactive ketones (excluding diaryl/α,β-unsaturated/α-hetero) is 1. The molecule has 0 radical (unpaired) electrons. The largest absolute Gasteiger partial charge is 0.382 e. The summed E-state index contributed by atoms with van der Waals surface area (Å²) < 4.78 is 0. The Kier molecular flexibility index (Phi) is 1.71. The van der Waals surface area contributed by atoms with E-state index in [1.54, 1.807) is 6.07 Å². The van der Waals surface area contributed by atoms with E-state index in [9.17, 15) is 4.79 Å². The molecule has 0 aliphatic carbocycles. The van der Waals surface area contributed by atoms with Gasteiger partial charge in [0.05, 0.1) is 0 Å². The highest BCUT2D eigenvalue weighted by Gasteiger charge is 1.99. The number of hydrogen-bond donors (Lipinski definition) is 2. The fourth-order valence-corrected chi connectivity index (χ4v) is 0.738. The molecule has 4 nitrogen and oxygen atoms in total. The molecular formula is C6H9N3O. The first kappa shape index (κ1) is 6.80. The number of H-pyrrole nitrogens is 1. The Balaban J connectivity index is 2.67. The Morgan fingerprint density at radius 3 is 3.00 bits per heavy atom. The van der Waals surface area contributed by atoms with Crippen molar-refractivity contribution >= 4 is 11.6 Å². The molecule has 4 heteroatoms. The molecule has 0 unspecified atom stereocenters. The maximum Gasteiger partial charge on any atom is 0.145 e. The van der Waals surface area contributed by atoms with Gasteiger partial charge in [-0.15, -0.1) is 0 Å². The van der Waals surface area contributed by atoms with Gasteiger partial charge >= 0.3 is 0 Å². The maximum absolute atomic E-state index is 10.5. The van der Waals surface area contributed by atoms with Crippen molar-refractivity contribution < 1.29 is 4.79 Å². The molecule has 1 rings (SSSR count). The molecule has 0 aromatic carbocycles. The molecule has 54 valence electrons. The molecule has 0 saturated carbocycles. The Morgan fingerprint density at radius 2 is 2.60 bits per heavy atom. The maximum atomic E-state index is 10.5. The van der Waals surface area contributed by atoms with E-state index in [0.29, 0.717) is 12.2 Å². The van der Waals surface area contributed by atoms with Crippen LogP contribution in [0.2, 0.25) is 0 Å². The van der Waals surface area contributed by atoms with Crippen LogP contribution < -0.4 is 5.73 Å². The summed E-state index contributed by atoms with van der Waals surface area (Å²) in [5.74, 6) is 0.528. The quantitative estimate of drug-likeness (QED) is 0.611. The number of nitrogen functional groups attached to an aromatic ring is 1. The van der Waals surface area contributed by atoms with Crippen molar-refractivity contribution in [3.05, 3.63) is 11.8 Å². The van der Waals surface area contributed by atoms with Gasteiger partial charge in [-0.05, 0) is 6.92 Å². The Labute approximate surface area is 58.4 Å². The number of ketones is 1. The molecule has 0 spiro atoms. The van der Waals surface area contributed by atoms with Crippen molar-refractivity contribution in [2.24, 2.45) is 0 Å². The number of carbonyl (C=O) groups is 1. The van der Waals surface area contributed by atoms with E-state index in [1.165, 1.54) is 6.92 Å². The summed E-state index contributed by atoms with van der Waals surface area (Å²) in [6.07, 6.45) is 0.379. The second-order valence-corrected chi connectivity index (χ2v) is 2.20. The molecule has 0 fully saturated rings. The Morgan fingerprint density at radius 1 is 1.90 bits per heavy atom. The van der Waals surface area contributed by atoms with Gasteiger partial charge in [-0.2, -0.15) is 5.10 Å². The molecule has 0 bridgehead atoms. The van der Waals surface area contributed by atoms with Crippen molar-refractivity contribution in [2.75, 3.05) is 5.73 Å². The van der Waals surface area contributed by atoms with Crippen molar-refractivity contribution in [3.63, 3.8) is 0 Å². The van der Waals surface area contributed by atoms with Crippen LogP contribution >= 0.6 is 0 Å². The van der Waals surface area contributed by atoms with Crippen molar-refractivity contribution in [1.82, 2.24) is 10.2 Å². The van der Waals surface area contributed by atoms with Crippen molar-refractivity contribution in [3.8, 4) is 0 Å². The Bertz CT molecular complexity index is 241. The topological polar surface area (TPSA) is 71.8 Å². The van der Waals surface area contributed by atoms with Gasteiger partial charge in [-0.3, -0.25) is 9.89 Å². The lowest BCUT2D eigenvalue weighted by molar-refractivity contribution is -0.116. The minimum Gasteiger partial charge on any atom is -0.382 e. The third-order valence-corrected chi connectivity index (χ3v) is 1.09. The second kappa shape index (κ2) is 2.51. The lowest BCUT2D eigenvalue weighted by atomic mass is 10.2. The van der Waals surface area contributed by atoms with E-state index in [1.807, 2.05) is 0 Å². The molecule has 1 aromatic rings. The first-order valence-corrected chi connectivity index (χ1v) is 2.97. The van der Waals surface area contributed by atoms with Crippen LogP contribution in [0.25, 0.3) is 0 Å². The SMILES string of the molecule is CC(=O)Cc1cc(N)n[nH]1. The summed E-state index contributed by atoms with van der Waals surface area (Å²) in [7, 11) is 0. The third-order valence-electron chi connectivity index (χ3n) is 1.09. The van der Waals surface area contributed by atoms with Crippen LogP contribution in [0.3, 0.4) is 0 Å². The number of nitrogens with zero attached hydrogens (tertiary/aromatic N) is 1. The number of aromatic nitrogens is 2. The standard InChI is InChI=1S/C6H9N3O/c1-4(10)2-5-3-6(7)9-8-5/h3H,2H2,1H3,(H3,7,8,9). The van der Waals surface area contributed by atoms with Gasteiger partial charge in [-0.1, -0.05) is 0 Å². The number of hydrogen-bond acceptors (Lipinski definition) is 3. The number of nitrogens with one attached hydrogen (secondary N) is 1. The van der Waals surface area contributed by atoms with Crippen LogP contribution in [-0.2, 0) is 11.2 Å². The molecule has 0 aliphatic rings. The number of nitrogens with two attached hydrogens (primary N) is 1. The summed E-state index contributed by atoms with van der Waals surface area (Å²) in [6, 6.07) is 1.65. The predicted molar refractivity (Wildman–Crippen MR) is 37.4 cm³/mol. The molecule has 3 N–H and O–H groups in total. The zero-order chi connectivity index (χ0) is 7.56.